The van der Waals surface area contributed by atoms with E-state index < -0.39 is 17.6 Å². The smallest absolute Gasteiger partial charge is 0.261 e. The van der Waals surface area contributed by atoms with Crippen LogP contribution in [-0.4, -0.2) is 54.3 Å². The maximum atomic E-state index is 12.2. The standard InChI is InChI=1S/C13H20N2O4/c1-8-5-9(2)14-12(17)11(8)13(18)15(3)6-10(16)7-19-4/h5,10,16H,6-7H2,1-4H3,(H,14,17). The third-order valence-electron chi connectivity index (χ3n) is 2.77. The lowest BCUT2D eigenvalue weighted by atomic mass is 10.1. The molecule has 1 unspecified atom stereocenters. The van der Waals surface area contributed by atoms with Gasteiger partial charge in [0.2, 0.25) is 0 Å². The Morgan fingerprint density at radius 3 is 2.68 bits per heavy atom. The molecule has 19 heavy (non-hydrogen) atoms. The van der Waals surface area contributed by atoms with Crippen LogP contribution in [0.4, 0.5) is 0 Å². The Labute approximate surface area is 112 Å². The van der Waals surface area contributed by atoms with Crippen molar-refractivity contribution in [1.82, 2.24) is 9.88 Å². The molecule has 1 rings (SSSR count). The minimum Gasteiger partial charge on any atom is -0.389 e. The Hall–Kier alpha value is -1.66. The molecule has 1 aromatic heterocycles. The zero-order valence-electron chi connectivity index (χ0n) is 11.7. The lowest BCUT2D eigenvalue weighted by Gasteiger charge is -2.21. The summed E-state index contributed by atoms with van der Waals surface area (Å²) in [6.45, 7) is 3.73. The summed E-state index contributed by atoms with van der Waals surface area (Å²) in [4.78, 5) is 27.9. The number of amides is 1. The van der Waals surface area contributed by atoms with Gasteiger partial charge < -0.3 is 19.7 Å². The fraction of sp³-hybridized carbons (Fsp3) is 0.538. The van der Waals surface area contributed by atoms with Gasteiger partial charge in [-0.05, 0) is 25.5 Å². The van der Waals surface area contributed by atoms with E-state index in [1.165, 1.54) is 12.0 Å². The van der Waals surface area contributed by atoms with Gasteiger partial charge in [-0.3, -0.25) is 9.59 Å². The molecule has 0 bridgehead atoms. The summed E-state index contributed by atoms with van der Waals surface area (Å²) >= 11 is 0. The number of aromatic nitrogens is 1. The minimum absolute atomic E-state index is 0.109. The number of nitrogens with zero attached hydrogens (tertiary/aromatic N) is 1. The molecule has 0 aliphatic carbocycles. The summed E-state index contributed by atoms with van der Waals surface area (Å²) in [7, 11) is 3.01. The molecule has 6 nitrogen and oxygen atoms in total. The number of aliphatic hydroxyl groups excluding tert-OH is 1. The normalized spacial score (nSPS) is 12.3. The van der Waals surface area contributed by atoms with Gasteiger partial charge in [0.25, 0.3) is 11.5 Å². The maximum absolute atomic E-state index is 12.2. The Morgan fingerprint density at radius 1 is 1.53 bits per heavy atom. The highest BCUT2D eigenvalue weighted by molar-refractivity contribution is 5.95. The van der Waals surface area contributed by atoms with Gasteiger partial charge in [-0.1, -0.05) is 0 Å². The molecule has 0 fully saturated rings. The fourth-order valence-corrected chi connectivity index (χ4v) is 1.95. The number of hydrogen-bond acceptors (Lipinski definition) is 4. The Balaban J connectivity index is 2.92. The van der Waals surface area contributed by atoms with Gasteiger partial charge in [-0.2, -0.15) is 0 Å². The van der Waals surface area contributed by atoms with E-state index in [9.17, 15) is 14.7 Å². The molecule has 1 amide bonds. The van der Waals surface area contributed by atoms with E-state index in [-0.39, 0.29) is 18.7 Å². The molecule has 0 saturated carbocycles. The van der Waals surface area contributed by atoms with Gasteiger partial charge >= 0.3 is 0 Å². The molecule has 1 atom stereocenters. The van der Waals surface area contributed by atoms with E-state index in [0.717, 1.165) is 0 Å². The Morgan fingerprint density at radius 2 is 2.16 bits per heavy atom. The van der Waals surface area contributed by atoms with Gasteiger partial charge in [0.1, 0.15) is 5.56 Å². The summed E-state index contributed by atoms with van der Waals surface area (Å²) < 4.78 is 4.80. The highest BCUT2D eigenvalue weighted by atomic mass is 16.5. The number of rotatable bonds is 5. The van der Waals surface area contributed by atoms with Crippen LogP contribution in [0.2, 0.25) is 0 Å². The number of aryl methyl sites for hydroxylation is 2. The van der Waals surface area contributed by atoms with Crippen molar-refractivity contribution >= 4 is 5.91 Å². The third kappa shape index (κ3) is 3.90. The number of hydrogen-bond donors (Lipinski definition) is 2. The van der Waals surface area contributed by atoms with Crippen LogP contribution in [0.25, 0.3) is 0 Å². The van der Waals surface area contributed by atoms with Crippen LogP contribution in [-0.2, 0) is 4.74 Å². The van der Waals surface area contributed by atoms with E-state index in [4.69, 9.17) is 4.74 Å². The molecule has 6 heteroatoms. The first-order valence-electron chi connectivity index (χ1n) is 5.99. The SMILES string of the molecule is COCC(O)CN(C)C(=O)c1c(C)cc(C)[nH]c1=O. The third-order valence-corrected chi connectivity index (χ3v) is 2.77. The average molecular weight is 268 g/mol. The van der Waals surface area contributed by atoms with Crippen molar-refractivity contribution < 1.29 is 14.6 Å². The van der Waals surface area contributed by atoms with Crippen LogP contribution >= 0.6 is 0 Å². The summed E-state index contributed by atoms with van der Waals surface area (Å²) in [6, 6.07) is 1.74. The number of carbonyl (C=O) groups excluding carboxylic acids is 1. The molecular formula is C13H20N2O4. The summed E-state index contributed by atoms with van der Waals surface area (Å²) in [5.41, 5.74) is 1.04. The molecular weight excluding hydrogens is 248 g/mol. The van der Waals surface area contributed by atoms with Crippen molar-refractivity contribution in [3.63, 3.8) is 0 Å². The summed E-state index contributed by atoms with van der Waals surface area (Å²) in [5, 5.41) is 9.59. The molecule has 0 aromatic carbocycles. The number of aromatic amines is 1. The van der Waals surface area contributed by atoms with Crippen molar-refractivity contribution in [2.45, 2.75) is 20.0 Å². The molecule has 0 spiro atoms. The molecule has 0 aliphatic heterocycles. The molecule has 1 heterocycles. The Bertz CT molecular complexity index is 510. The number of pyridine rings is 1. The van der Waals surface area contributed by atoms with Gasteiger partial charge in [0.05, 0.1) is 12.7 Å². The lowest BCUT2D eigenvalue weighted by Crippen LogP contribution is -2.39. The van der Waals surface area contributed by atoms with E-state index in [2.05, 4.69) is 4.98 Å². The van der Waals surface area contributed by atoms with Crippen molar-refractivity contribution in [3.05, 3.63) is 33.2 Å². The quantitative estimate of drug-likeness (QED) is 0.791. The van der Waals surface area contributed by atoms with Crippen molar-refractivity contribution in [2.75, 3.05) is 27.3 Å². The number of methoxy groups -OCH3 is 1. The number of H-pyrrole nitrogens is 1. The largest absolute Gasteiger partial charge is 0.389 e. The van der Waals surface area contributed by atoms with Gasteiger partial charge in [0, 0.05) is 26.4 Å². The van der Waals surface area contributed by atoms with Crippen molar-refractivity contribution in [3.8, 4) is 0 Å². The first kappa shape index (κ1) is 15.4. The lowest BCUT2D eigenvalue weighted by molar-refractivity contribution is 0.0379. The van der Waals surface area contributed by atoms with Gasteiger partial charge in [0.15, 0.2) is 0 Å². The highest BCUT2D eigenvalue weighted by Crippen LogP contribution is 2.07. The van der Waals surface area contributed by atoms with Crippen molar-refractivity contribution in [2.24, 2.45) is 0 Å². The second kappa shape index (κ2) is 6.49. The topological polar surface area (TPSA) is 82.6 Å². The fourth-order valence-electron chi connectivity index (χ4n) is 1.95. The summed E-state index contributed by atoms with van der Waals surface area (Å²) in [6.07, 6.45) is -0.774. The maximum Gasteiger partial charge on any atom is 0.261 e. The van der Waals surface area contributed by atoms with Gasteiger partial charge in [-0.25, -0.2) is 0 Å². The number of likely N-dealkylation sites (N-methyl/N-ethyl adjacent to an activating group) is 1. The van der Waals surface area contributed by atoms with Crippen LogP contribution in [0.15, 0.2) is 10.9 Å². The molecule has 0 aliphatic rings. The number of ether oxygens (including phenoxy) is 1. The van der Waals surface area contributed by atoms with Crippen LogP contribution in [0.5, 0.6) is 0 Å². The number of nitrogens with one attached hydrogen (secondary N) is 1. The monoisotopic (exact) mass is 268 g/mol. The first-order chi connectivity index (χ1) is 8.86. The number of carbonyl (C=O) groups is 1. The van der Waals surface area contributed by atoms with E-state index in [0.29, 0.717) is 11.3 Å². The minimum atomic E-state index is -0.774. The average Bonchev–Trinajstić information content (AvgIpc) is 2.27. The molecule has 0 radical (unpaired) electrons. The molecule has 1 aromatic rings. The van der Waals surface area contributed by atoms with Crippen LogP contribution in [0.1, 0.15) is 21.6 Å². The van der Waals surface area contributed by atoms with Crippen LogP contribution in [0.3, 0.4) is 0 Å². The first-order valence-corrected chi connectivity index (χ1v) is 5.99. The predicted molar refractivity (Wildman–Crippen MR) is 71.4 cm³/mol. The van der Waals surface area contributed by atoms with Crippen LogP contribution in [0, 0.1) is 13.8 Å². The van der Waals surface area contributed by atoms with E-state index in [1.54, 1.807) is 27.0 Å². The second-order valence-corrected chi connectivity index (χ2v) is 4.63. The summed E-state index contributed by atoms with van der Waals surface area (Å²) in [5.74, 6) is -0.408. The number of aliphatic hydroxyl groups is 1. The zero-order valence-corrected chi connectivity index (χ0v) is 11.7. The van der Waals surface area contributed by atoms with E-state index >= 15 is 0 Å². The molecule has 0 saturated heterocycles. The van der Waals surface area contributed by atoms with Gasteiger partial charge in [-0.15, -0.1) is 0 Å². The van der Waals surface area contributed by atoms with Crippen molar-refractivity contribution in [1.29, 1.82) is 0 Å². The Kier molecular flexibility index (Phi) is 5.26. The second-order valence-electron chi connectivity index (χ2n) is 4.63. The molecule has 2 N–H and O–H groups in total. The molecule has 106 valence electrons. The highest BCUT2D eigenvalue weighted by Gasteiger charge is 2.20. The zero-order chi connectivity index (χ0) is 14.6. The predicted octanol–water partition coefficient (Wildman–Crippen LogP) is 0.0710. The van der Waals surface area contributed by atoms with Crippen LogP contribution < -0.4 is 5.56 Å². The van der Waals surface area contributed by atoms with E-state index in [1.807, 2.05) is 0 Å².